The van der Waals surface area contributed by atoms with Crippen molar-refractivity contribution in [3.63, 3.8) is 0 Å². The van der Waals surface area contributed by atoms with E-state index >= 15 is 0 Å². The highest BCUT2D eigenvalue weighted by Crippen LogP contribution is 2.45. The summed E-state index contributed by atoms with van der Waals surface area (Å²) in [5.41, 5.74) is 3.65. The fourth-order valence-corrected chi connectivity index (χ4v) is 4.18. The van der Waals surface area contributed by atoms with Crippen LogP contribution in [0, 0.1) is 5.41 Å². The van der Waals surface area contributed by atoms with Crippen molar-refractivity contribution in [1.82, 2.24) is 19.7 Å². The normalized spacial score (nSPS) is 20.4. The molecule has 2 aromatic heterocycles. The summed E-state index contributed by atoms with van der Waals surface area (Å²) in [6.07, 6.45) is 4.81. The standard InChI is InChI=1S/C22H21N5O/c1-22(2)12-16-18(17(28)13-22)19(14-6-4-3-5-7-14)27-21(24-16)25-20(26-27)15-8-10-23-11-9-15/h3-11,19H,12-13H2,1-2H3,(H,24,25,26). The van der Waals surface area contributed by atoms with Gasteiger partial charge in [0.2, 0.25) is 5.95 Å². The predicted octanol–water partition coefficient (Wildman–Crippen LogP) is 4.00. The van der Waals surface area contributed by atoms with Crippen LogP contribution in [-0.2, 0) is 4.79 Å². The molecule has 2 aliphatic rings. The molecule has 1 unspecified atom stereocenters. The molecule has 6 nitrogen and oxygen atoms in total. The highest BCUT2D eigenvalue weighted by molar-refractivity contribution is 6.00. The van der Waals surface area contributed by atoms with Gasteiger partial charge in [-0.25, -0.2) is 4.68 Å². The smallest absolute Gasteiger partial charge is 0.226 e. The first-order chi connectivity index (χ1) is 13.5. The zero-order chi connectivity index (χ0) is 19.3. The van der Waals surface area contributed by atoms with Crippen LogP contribution in [0.1, 0.15) is 38.3 Å². The van der Waals surface area contributed by atoms with Gasteiger partial charge in [-0.2, -0.15) is 4.98 Å². The number of nitrogens with one attached hydrogen (secondary N) is 1. The third-order valence-electron chi connectivity index (χ3n) is 5.39. The molecule has 0 radical (unpaired) electrons. The molecule has 0 saturated carbocycles. The van der Waals surface area contributed by atoms with Crippen molar-refractivity contribution in [2.45, 2.75) is 32.7 Å². The van der Waals surface area contributed by atoms with E-state index in [0.29, 0.717) is 18.2 Å². The number of allylic oxidation sites excluding steroid dienone is 2. The maximum absolute atomic E-state index is 13.1. The number of carbonyl (C=O) groups excluding carboxylic acids is 1. The molecule has 0 fully saturated rings. The van der Waals surface area contributed by atoms with Crippen LogP contribution >= 0.6 is 0 Å². The number of nitrogens with zero attached hydrogens (tertiary/aromatic N) is 4. The molecular weight excluding hydrogens is 350 g/mol. The molecule has 140 valence electrons. The summed E-state index contributed by atoms with van der Waals surface area (Å²) >= 11 is 0. The Labute approximate surface area is 163 Å². The Kier molecular flexibility index (Phi) is 3.69. The van der Waals surface area contributed by atoms with Gasteiger partial charge in [-0.15, -0.1) is 5.10 Å². The second kappa shape index (κ2) is 6.12. The van der Waals surface area contributed by atoms with Gasteiger partial charge in [0.05, 0.1) is 0 Å². The van der Waals surface area contributed by atoms with Crippen molar-refractivity contribution in [1.29, 1.82) is 0 Å². The largest absolute Gasteiger partial charge is 0.328 e. The minimum Gasteiger partial charge on any atom is -0.328 e. The molecule has 0 saturated heterocycles. The number of hydrogen-bond acceptors (Lipinski definition) is 5. The lowest BCUT2D eigenvalue weighted by atomic mass is 9.73. The molecule has 0 amide bonds. The van der Waals surface area contributed by atoms with E-state index in [1.54, 1.807) is 12.4 Å². The Morgan fingerprint density at radius 3 is 2.57 bits per heavy atom. The Morgan fingerprint density at radius 1 is 1.07 bits per heavy atom. The van der Waals surface area contributed by atoms with Gasteiger partial charge < -0.3 is 5.32 Å². The van der Waals surface area contributed by atoms with Crippen molar-refractivity contribution in [2.24, 2.45) is 5.41 Å². The minimum absolute atomic E-state index is 0.0692. The highest BCUT2D eigenvalue weighted by Gasteiger charge is 2.41. The molecule has 6 heteroatoms. The fourth-order valence-electron chi connectivity index (χ4n) is 4.18. The fraction of sp³-hybridized carbons (Fsp3) is 0.273. The van der Waals surface area contributed by atoms with E-state index in [2.05, 4.69) is 24.1 Å². The number of ketones is 1. The number of anilines is 1. The molecule has 3 aromatic rings. The Hall–Kier alpha value is -3.28. The van der Waals surface area contributed by atoms with Crippen LogP contribution in [0.5, 0.6) is 0 Å². The lowest BCUT2D eigenvalue weighted by Gasteiger charge is -2.38. The summed E-state index contributed by atoms with van der Waals surface area (Å²) in [5.74, 6) is 1.47. The summed E-state index contributed by atoms with van der Waals surface area (Å²) in [7, 11) is 0. The van der Waals surface area contributed by atoms with Crippen LogP contribution in [0.4, 0.5) is 5.95 Å². The molecule has 1 N–H and O–H groups in total. The molecule has 0 spiro atoms. The monoisotopic (exact) mass is 371 g/mol. The van der Waals surface area contributed by atoms with Gasteiger partial charge in [-0.3, -0.25) is 9.78 Å². The van der Waals surface area contributed by atoms with Gasteiger partial charge in [0, 0.05) is 35.6 Å². The molecule has 1 aromatic carbocycles. The lowest BCUT2D eigenvalue weighted by Crippen LogP contribution is -2.36. The third kappa shape index (κ3) is 2.72. The maximum Gasteiger partial charge on any atom is 0.226 e. The molecule has 28 heavy (non-hydrogen) atoms. The summed E-state index contributed by atoms with van der Waals surface area (Å²) in [4.78, 5) is 21.9. The first-order valence-electron chi connectivity index (χ1n) is 9.47. The van der Waals surface area contributed by atoms with E-state index in [9.17, 15) is 4.79 Å². The first kappa shape index (κ1) is 16.9. The van der Waals surface area contributed by atoms with Gasteiger partial charge in [0.15, 0.2) is 11.6 Å². The zero-order valence-electron chi connectivity index (χ0n) is 15.9. The minimum atomic E-state index is -0.265. The number of fused-ring (bicyclic) bond motifs is 1. The van der Waals surface area contributed by atoms with Crippen molar-refractivity contribution >= 4 is 11.7 Å². The van der Waals surface area contributed by atoms with Crippen LogP contribution in [0.15, 0.2) is 66.1 Å². The molecule has 1 aliphatic heterocycles. The lowest BCUT2D eigenvalue weighted by molar-refractivity contribution is -0.118. The average molecular weight is 371 g/mol. The molecular formula is C22H21N5O. The second-order valence-corrected chi connectivity index (χ2v) is 8.21. The Balaban J connectivity index is 1.69. The van der Waals surface area contributed by atoms with Gasteiger partial charge in [-0.1, -0.05) is 44.2 Å². The van der Waals surface area contributed by atoms with E-state index in [0.717, 1.165) is 28.8 Å². The number of aromatic nitrogens is 4. The van der Waals surface area contributed by atoms with Crippen LogP contribution in [-0.4, -0.2) is 25.5 Å². The number of Topliss-reactive ketones (excluding diaryl/α,β-unsaturated/α-hetero) is 1. The summed E-state index contributed by atoms with van der Waals surface area (Å²) in [6.45, 7) is 4.27. The average Bonchev–Trinajstić information content (AvgIpc) is 3.10. The zero-order valence-corrected chi connectivity index (χ0v) is 15.9. The number of carbonyl (C=O) groups is 1. The summed E-state index contributed by atoms with van der Waals surface area (Å²) in [6, 6.07) is 13.6. The van der Waals surface area contributed by atoms with Gasteiger partial charge in [-0.05, 0) is 29.5 Å². The second-order valence-electron chi connectivity index (χ2n) is 8.21. The number of pyridine rings is 1. The molecule has 0 bridgehead atoms. The van der Waals surface area contributed by atoms with Crippen LogP contribution < -0.4 is 5.32 Å². The number of rotatable bonds is 2. The topological polar surface area (TPSA) is 72.7 Å². The van der Waals surface area contributed by atoms with Crippen LogP contribution in [0.25, 0.3) is 11.4 Å². The van der Waals surface area contributed by atoms with Gasteiger partial charge >= 0.3 is 0 Å². The maximum atomic E-state index is 13.1. The van der Waals surface area contributed by atoms with Crippen LogP contribution in [0.2, 0.25) is 0 Å². The summed E-state index contributed by atoms with van der Waals surface area (Å²) in [5, 5.41) is 8.18. The quantitative estimate of drug-likeness (QED) is 0.737. The third-order valence-corrected chi connectivity index (χ3v) is 5.39. The number of hydrogen-bond donors (Lipinski definition) is 1. The Morgan fingerprint density at radius 2 is 1.82 bits per heavy atom. The van der Waals surface area contributed by atoms with E-state index in [1.165, 1.54) is 0 Å². The molecule has 3 heterocycles. The van der Waals surface area contributed by atoms with E-state index in [-0.39, 0.29) is 17.2 Å². The predicted molar refractivity (Wildman–Crippen MR) is 107 cm³/mol. The van der Waals surface area contributed by atoms with Gasteiger partial charge in [0.1, 0.15) is 6.04 Å². The van der Waals surface area contributed by atoms with E-state index < -0.39 is 0 Å². The van der Waals surface area contributed by atoms with Gasteiger partial charge in [0.25, 0.3) is 0 Å². The first-order valence-corrected chi connectivity index (χ1v) is 9.47. The Bertz CT molecular complexity index is 1080. The van der Waals surface area contributed by atoms with Crippen molar-refractivity contribution in [2.75, 3.05) is 5.32 Å². The van der Waals surface area contributed by atoms with Crippen molar-refractivity contribution < 1.29 is 4.79 Å². The SMILES string of the molecule is CC1(C)CC(=O)C2=C(C1)Nc1nc(-c3ccncc3)nn1C2c1ccccc1. The van der Waals surface area contributed by atoms with Crippen molar-refractivity contribution in [3.05, 3.63) is 71.7 Å². The van der Waals surface area contributed by atoms with Crippen molar-refractivity contribution in [3.8, 4) is 11.4 Å². The number of benzene rings is 1. The molecule has 1 atom stereocenters. The van der Waals surface area contributed by atoms with E-state index in [4.69, 9.17) is 10.1 Å². The molecule has 5 rings (SSSR count). The summed E-state index contributed by atoms with van der Waals surface area (Å²) < 4.78 is 1.85. The van der Waals surface area contributed by atoms with Crippen LogP contribution in [0.3, 0.4) is 0 Å². The highest BCUT2D eigenvalue weighted by atomic mass is 16.1. The molecule has 1 aliphatic carbocycles. The van der Waals surface area contributed by atoms with E-state index in [1.807, 2.05) is 47.1 Å².